The van der Waals surface area contributed by atoms with Crippen LogP contribution < -0.4 is 16.0 Å². The number of amides is 2. The van der Waals surface area contributed by atoms with Crippen LogP contribution in [0.1, 0.15) is 42.5 Å². The summed E-state index contributed by atoms with van der Waals surface area (Å²) in [6, 6.07) is 3.93. The number of halogens is 2. The topological polar surface area (TPSA) is 91.6 Å². The predicted molar refractivity (Wildman–Crippen MR) is 113 cm³/mol. The van der Waals surface area contributed by atoms with Crippen molar-refractivity contribution in [1.82, 2.24) is 15.2 Å². The van der Waals surface area contributed by atoms with E-state index < -0.39 is 5.91 Å². The molecule has 0 aromatic carbocycles. The average molecular weight is 430 g/mol. The minimum absolute atomic E-state index is 0. The van der Waals surface area contributed by atoms with Crippen molar-refractivity contribution in [2.24, 2.45) is 11.7 Å². The molecular formula is C19H29Cl2N5O2. The van der Waals surface area contributed by atoms with Gasteiger partial charge in [-0.2, -0.15) is 0 Å². The van der Waals surface area contributed by atoms with Crippen molar-refractivity contribution in [1.29, 1.82) is 0 Å². The van der Waals surface area contributed by atoms with Crippen molar-refractivity contribution in [2.45, 2.75) is 44.2 Å². The number of aromatic nitrogens is 1. The van der Waals surface area contributed by atoms with Crippen molar-refractivity contribution in [3.63, 3.8) is 0 Å². The first kappa shape index (κ1) is 22.7. The Morgan fingerprint density at radius 1 is 1.11 bits per heavy atom. The number of carbonyl (C=O) groups excluding carboxylic acids is 2. The van der Waals surface area contributed by atoms with Gasteiger partial charge in [0.15, 0.2) is 0 Å². The Morgan fingerprint density at radius 2 is 1.82 bits per heavy atom. The van der Waals surface area contributed by atoms with E-state index in [4.69, 9.17) is 5.73 Å². The number of hydrogen-bond acceptors (Lipinski definition) is 5. The molecule has 9 heteroatoms. The molecule has 156 valence electrons. The molecule has 3 unspecified atom stereocenters. The van der Waals surface area contributed by atoms with E-state index in [0.717, 1.165) is 6.42 Å². The van der Waals surface area contributed by atoms with Crippen molar-refractivity contribution >= 4 is 42.4 Å². The molecule has 2 aliphatic heterocycles. The zero-order valence-electron chi connectivity index (χ0n) is 15.9. The van der Waals surface area contributed by atoms with Crippen molar-refractivity contribution in [3.8, 4) is 0 Å². The van der Waals surface area contributed by atoms with Gasteiger partial charge in [0.25, 0.3) is 5.91 Å². The predicted octanol–water partition coefficient (Wildman–Crippen LogP) is 1.59. The van der Waals surface area contributed by atoms with Gasteiger partial charge in [-0.05, 0) is 37.3 Å². The Bertz CT molecular complexity index is 683. The highest BCUT2D eigenvalue weighted by Gasteiger charge is 2.40. The monoisotopic (exact) mass is 429 g/mol. The van der Waals surface area contributed by atoms with E-state index in [1.165, 1.54) is 25.7 Å². The molecule has 3 N–H and O–H groups in total. The normalized spacial score (nSPS) is 26.6. The van der Waals surface area contributed by atoms with Gasteiger partial charge in [0.1, 0.15) is 5.82 Å². The lowest BCUT2D eigenvalue weighted by atomic mass is 9.85. The maximum atomic E-state index is 12.9. The maximum Gasteiger partial charge on any atom is 0.252 e. The molecular weight excluding hydrogens is 401 g/mol. The van der Waals surface area contributed by atoms with Crippen LogP contribution in [0.25, 0.3) is 0 Å². The molecule has 3 fully saturated rings. The summed E-state index contributed by atoms with van der Waals surface area (Å²) in [7, 11) is 0. The molecule has 0 bridgehead atoms. The zero-order chi connectivity index (χ0) is 18.1. The van der Waals surface area contributed by atoms with Crippen LogP contribution in [-0.2, 0) is 4.79 Å². The molecule has 1 saturated carbocycles. The number of nitrogens with zero attached hydrogens (tertiary/aromatic N) is 3. The van der Waals surface area contributed by atoms with Gasteiger partial charge in [-0.15, -0.1) is 24.8 Å². The number of nitrogens with one attached hydrogen (secondary N) is 1. The maximum absolute atomic E-state index is 12.9. The highest BCUT2D eigenvalue weighted by Crippen LogP contribution is 2.33. The number of pyridine rings is 1. The van der Waals surface area contributed by atoms with Crippen LogP contribution in [0.4, 0.5) is 5.82 Å². The molecule has 7 nitrogen and oxygen atoms in total. The van der Waals surface area contributed by atoms with Gasteiger partial charge in [0.2, 0.25) is 5.91 Å². The van der Waals surface area contributed by atoms with Crippen molar-refractivity contribution < 1.29 is 9.59 Å². The molecule has 1 aromatic heterocycles. The van der Waals surface area contributed by atoms with E-state index in [9.17, 15) is 9.59 Å². The summed E-state index contributed by atoms with van der Waals surface area (Å²) in [4.78, 5) is 32.9. The van der Waals surface area contributed by atoms with Gasteiger partial charge >= 0.3 is 0 Å². The van der Waals surface area contributed by atoms with E-state index in [1.807, 2.05) is 9.80 Å². The van der Waals surface area contributed by atoms with Gasteiger partial charge < -0.3 is 20.9 Å². The lowest BCUT2D eigenvalue weighted by Gasteiger charge is -2.37. The van der Waals surface area contributed by atoms with Crippen LogP contribution >= 0.6 is 24.8 Å². The Morgan fingerprint density at radius 3 is 2.50 bits per heavy atom. The van der Waals surface area contributed by atoms with Gasteiger partial charge in [0, 0.05) is 38.4 Å². The number of carbonyl (C=O) groups is 2. The molecule has 0 spiro atoms. The number of nitrogens with two attached hydrogens (primary N) is 1. The van der Waals surface area contributed by atoms with Crippen LogP contribution in [-0.4, -0.2) is 60.0 Å². The second-order valence-corrected chi connectivity index (χ2v) is 7.66. The SMILES string of the molecule is Cl.Cl.NC(=O)c1cccnc1N1CCN(C(=O)C2CC3CCCCC3N2)CC1. The number of rotatable bonds is 3. The zero-order valence-corrected chi connectivity index (χ0v) is 17.5. The molecule has 2 amide bonds. The van der Waals surface area contributed by atoms with Crippen LogP contribution in [0, 0.1) is 5.92 Å². The molecule has 2 saturated heterocycles. The fourth-order valence-electron chi connectivity index (χ4n) is 4.71. The molecule has 0 radical (unpaired) electrons. The van der Waals surface area contributed by atoms with E-state index >= 15 is 0 Å². The number of anilines is 1. The smallest absolute Gasteiger partial charge is 0.252 e. The Labute approximate surface area is 178 Å². The van der Waals surface area contributed by atoms with Gasteiger partial charge in [0.05, 0.1) is 11.6 Å². The highest BCUT2D eigenvalue weighted by molar-refractivity contribution is 5.97. The molecule has 3 aliphatic rings. The van der Waals surface area contributed by atoms with Gasteiger partial charge in [-0.3, -0.25) is 9.59 Å². The van der Waals surface area contributed by atoms with E-state index in [2.05, 4.69) is 10.3 Å². The quantitative estimate of drug-likeness (QED) is 0.760. The first-order valence-corrected chi connectivity index (χ1v) is 9.68. The third kappa shape index (κ3) is 4.53. The fraction of sp³-hybridized carbons (Fsp3) is 0.632. The third-order valence-corrected chi connectivity index (χ3v) is 6.10. The average Bonchev–Trinajstić information content (AvgIpc) is 3.12. The summed E-state index contributed by atoms with van der Waals surface area (Å²) < 4.78 is 0. The van der Waals surface area contributed by atoms with Gasteiger partial charge in [-0.1, -0.05) is 12.8 Å². The first-order chi connectivity index (χ1) is 12.6. The van der Waals surface area contributed by atoms with Crippen molar-refractivity contribution in [3.05, 3.63) is 23.9 Å². The number of hydrogen-bond donors (Lipinski definition) is 2. The van der Waals surface area contributed by atoms with E-state index in [0.29, 0.717) is 49.5 Å². The molecule has 1 aliphatic carbocycles. The first-order valence-electron chi connectivity index (χ1n) is 9.68. The van der Waals surface area contributed by atoms with Crippen LogP contribution in [0.5, 0.6) is 0 Å². The number of fused-ring (bicyclic) bond motifs is 1. The molecule has 28 heavy (non-hydrogen) atoms. The lowest BCUT2D eigenvalue weighted by Crippen LogP contribution is -2.54. The Hall–Kier alpha value is -1.57. The minimum atomic E-state index is -0.468. The molecule has 3 atom stereocenters. The summed E-state index contributed by atoms with van der Waals surface area (Å²) in [5.74, 6) is 1.06. The largest absolute Gasteiger partial charge is 0.365 e. The Kier molecular flexibility index (Phi) is 7.92. The second kappa shape index (κ2) is 9.76. The van der Waals surface area contributed by atoms with Gasteiger partial charge in [-0.25, -0.2) is 4.98 Å². The van der Waals surface area contributed by atoms with Crippen LogP contribution in [0.2, 0.25) is 0 Å². The lowest BCUT2D eigenvalue weighted by molar-refractivity contribution is -0.133. The number of piperazine rings is 1. The summed E-state index contributed by atoms with van der Waals surface area (Å²) in [6.07, 6.45) is 7.69. The summed E-state index contributed by atoms with van der Waals surface area (Å²) in [6.45, 7) is 2.65. The second-order valence-electron chi connectivity index (χ2n) is 7.66. The van der Waals surface area contributed by atoms with Crippen LogP contribution in [0.15, 0.2) is 18.3 Å². The standard InChI is InChI=1S/C19H27N5O2.2ClH/c20-17(25)14-5-3-7-21-18(14)23-8-10-24(11-9-23)19(26)16-12-13-4-1-2-6-15(13)22-16;;/h3,5,7,13,15-16,22H,1-2,4,6,8-12H2,(H2,20,25);2*1H. The van der Waals surface area contributed by atoms with Crippen molar-refractivity contribution in [2.75, 3.05) is 31.1 Å². The summed E-state index contributed by atoms with van der Waals surface area (Å²) in [5.41, 5.74) is 5.90. The van der Waals surface area contributed by atoms with E-state index in [1.54, 1.807) is 18.3 Å². The minimum Gasteiger partial charge on any atom is -0.365 e. The Balaban J connectivity index is 0.00000140. The number of primary amides is 1. The fourth-order valence-corrected chi connectivity index (χ4v) is 4.71. The molecule has 4 rings (SSSR count). The summed E-state index contributed by atoms with van der Waals surface area (Å²) in [5, 5.41) is 3.58. The third-order valence-electron chi connectivity index (χ3n) is 6.10. The molecule has 1 aromatic rings. The molecule has 3 heterocycles. The van der Waals surface area contributed by atoms with E-state index in [-0.39, 0.29) is 36.8 Å². The van der Waals surface area contributed by atoms with Crippen LogP contribution in [0.3, 0.4) is 0 Å². The highest BCUT2D eigenvalue weighted by atomic mass is 35.5. The summed E-state index contributed by atoms with van der Waals surface area (Å²) >= 11 is 0.